The second-order valence-corrected chi connectivity index (χ2v) is 9.66. The summed E-state index contributed by atoms with van der Waals surface area (Å²) >= 11 is 2.20. The van der Waals surface area contributed by atoms with Gasteiger partial charge in [-0.15, -0.1) is 0 Å². The number of ketones is 1. The van der Waals surface area contributed by atoms with Crippen LogP contribution in [-0.4, -0.2) is 12.9 Å². The molecule has 1 atom stereocenters. The Labute approximate surface area is 217 Å². The molecule has 2 aliphatic rings. The summed E-state index contributed by atoms with van der Waals surface area (Å²) in [6.45, 7) is 0.369. The third-order valence-electron chi connectivity index (χ3n) is 6.44. The maximum atomic E-state index is 12.9. The van der Waals surface area contributed by atoms with Crippen LogP contribution in [0.5, 0.6) is 11.5 Å². The number of allylic oxidation sites excluding steroid dienone is 3. The molecule has 7 heteroatoms. The van der Waals surface area contributed by atoms with E-state index in [1.54, 1.807) is 7.11 Å². The molecule has 0 aromatic heterocycles. The predicted molar refractivity (Wildman–Crippen MR) is 141 cm³/mol. The van der Waals surface area contributed by atoms with Gasteiger partial charge in [-0.05, 0) is 63.0 Å². The number of benzene rings is 3. The molecule has 0 amide bonds. The second kappa shape index (κ2) is 9.62. The Hall–Kier alpha value is -3.51. The van der Waals surface area contributed by atoms with Crippen LogP contribution in [-0.2, 0) is 16.1 Å². The normalized spacial score (nSPS) is 17.6. The predicted octanol–water partition coefficient (Wildman–Crippen LogP) is 5.85. The molecule has 3 aromatic carbocycles. The molecule has 6 nitrogen and oxygen atoms in total. The number of nitriles is 1. The lowest BCUT2D eigenvalue weighted by molar-refractivity contribution is -0.116. The first-order valence-corrected chi connectivity index (χ1v) is 12.4. The molecule has 0 unspecified atom stereocenters. The highest BCUT2D eigenvalue weighted by atomic mass is 127. The molecule has 0 fully saturated rings. The largest absolute Gasteiger partial charge is 0.493 e. The van der Waals surface area contributed by atoms with Gasteiger partial charge in [0, 0.05) is 18.4 Å². The van der Waals surface area contributed by atoms with E-state index < -0.39 is 5.92 Å². The van der Waals surface area contributed by atoms with Gasteiger partial charge in [0.25, 0.3) is 0 Å². The van der Waals surface area contributed by atoms with Crippen molar-refractivity contribution in [2.45, 2.75) is 31.8 Å². The number of Topliss-reactive ketones (excluding diaryl/α,β-unsaturated/α-hetero) is 1. The summed E-state index contributed by atoms with van der Waals surface area (Å²) in [7, 11) is 1.58. The number of carbonyl (C=O) groups excluding carboxylic acids is 1. The minimum absolute atomic E-state index is 0.0123. The zero-order valence-electron chi connectivity index (χ0n) is 19.1. The van der Waals surface area contributed by atoms with E-state index in [0.717, 1.165) is 25.5 Å². The first-order valence-electron chi connectivity index (χ1n) is 11.3. The van der Waals surface area contributed by atoms with Gasteiger partial charge in [-0.3, -0.25) is 4.79 Å². The van der Waals surface area contributed by atoms with Gasteiger partial charge >= 0.3 is 0 Å². The van der Waals surface area contributed by atoms with Crippen molar-refractivity contribution < 1.29 is 19.0 Å². The van der Waals surface area contributed by atoms with E-state index in [-0.39, 0.29) is 17.2 Å². The average Bonchev–Trinajstić information content (AvgIpc) is 2.87. The van der Waals surface area contributed by atoms with Gasteiger partial charge in [0.1, 0.15) is 24.0 Å². The Kier molecular flexibility index (Phi) is 6.39. The first-order chi connectivity index (χ1) is 17.0. The van der Waals surface area contributed by atoms with Crippen molar-refractivity contribution in [3.63, 3.8) is 0 Å². The number of nitrogens with zero attached hydrogens (tertiary/aromatic N) is 1. The Morgan fingerprint density at radius 2 is 1.97 bits per heavy atom. The van der Waals surface area contributed by atoms with Crippen LogP contribution in [0.1, 0.15) is 36.3 Å². The van der Waals surface area contributed by atoms with Crippen LogP contribution in [0.2, 0.25) is 0 Å². The van der Waals surface area contributed by atoms with Gasteiger partial charge < -0.3 is 19.9 Å². The summed E-state index contributed by atoms with van der Waals surface area (Å²) in [5.41, 5.74) is 8.67. The SMILES string of the molecule is COc1cc([C@H]2C(C#N)=C(N)OC3=C2C(=O)CCC3)cc(I)c1OCc1cccc2ccccc12. The first kappa shape index (κ1) is 23.2. The van der Waals surface area contributed by atoms with Crippen LogP contribution in [0.25, 0.3) is 10.8 Å². The quantitative estimate of drug-likeness (QED) is 0.382. The lowest BCUT2D eigenvalue weighted by Crippen LogP contribution is -2.27. The van der Waals surface area contributed by atoms with Crippen molar-refractivity contribution >= 4 is 39.1 Å². The molecular weight excluding hydrogens is 555 g/mol. The maximum absolute atomic E-state index is 12.9. The topological polar surface area (TPSA) is 94.6 Å². The third-order valence-corrected chi connectivity index (χ3v) is 7.24. The van der Waals surface area contributed by atoms with Gasteiger partial charge in [-0.2, -0.15) is 5.26 Å². The van der Waals surface area contributed by atoms with Crippen molar-refractivity contribution in [1.82, 2.24) is 0 Å². The van der Waals surface area contributed by atoms with Crippen LogP contribution < -0.4 is 15.2 Å². The zero-order chi connectivity index (χ0) is 24.5. The van der Waals surface area contributed by atoms with E-state index in [4.69, 9.17) is 19.9 Å². The summed E-state index contributed by atoms with van der Waals surface area (Å²) in [5.74, 6) is 1.15. The zero-order valence-corrected chi connectivity index (χ0v) is 21.3. The fraction of sp³-hybridized carbons (Fsp3) is 0.214. The monoisotopic (exact) mass is 578 g/mol. The molecule has 0 saturated carbocycles. The van der Waals surface area contributed by atoms with Gasteiger partial charge in [0.05, 0.1) is 16.6 Å². The summed E-state index contributed by atoms with van der Waals surface area (Å²) < 4.78 is 18.5. The van der Waals surface area contributed by atoms with E-state index in [9.17, 15) is 10.1 Å². The highest BCUT2D eigenvalue weighted by molar-refractivity contribution is 14.1. The van der Waals surface area contributed by atoms with Crippen LogP contribution >= 0.6 is 22.6 Å². The van der Waals surface area contributed by atoms with Gasteiger partial charge in [0.15, 0.2) is 17.3 Å². The summed E-state index contributed by atoms with van der Waals surface area (Å²) in [4.78, 5) is 12.9. The standard InChI is InChI=1S/C28H23IN2O4/c1-33-24-13-18(25-20(14-30)28(31)35-23-11-5-10-22(32)26(23)25)12-21(29)27(24)34-15-17-8-4-7-16-6-2-3-9-19(16)17/h2-4,6-9,12-13,25H,5,10-11,15,31H2,1H3/t25-/m0/s1. The van der Waals surface area contributed by atoms with E-state index in [0.29, 0.717) is 48.7 Å². The van der Waals surface area contributed by atoms with E-state index in [1.165, 1.54) is 0 Å². The fourth-order valence-electron chi connectivity index (χ4n) is 4.80. The molecule has 0 radical (unpaired) electrons. The van der Waals surface area contributed by atoms with Gasteiger partial charge in [-0.25, -0.2) is 0 Å². The highest BCUT2D eigenvalue weighted by Gasteiger charge is 2.38. The average molecular weight is 578 g/mol. The Balaban J connectivity index is 1.53. The lowest BCUT2D eigenvalue weighted by atomic mass is 9.77. The van der Waals surface area contributed by atoms with Crippen molar-refractivity contribution in [2.75, 3.05) is 7.11 Å². The molecule has 5 rings (SSSR count). The van der Waals surface area contributed by atoms with E-state index >= 15 is 0 Å². The molecule has 1 aliphatic heterocycles. The van der Waals surface area contributed by atoms with Crippen LogP contribution in [0.4, 0.5) is 0 Å². The highest BCUT2D eigenvalue weighted by Crippen LogP contribution is 2.46. The number of hydrogen-bond acceptors (Lipinski definition) is 6. The summed E-state index contributed by atoms with van der Waals surface area (Å²) in [5, 5.41) is 12.1. The van der Waals surface area contributed by atoms with Crippen molar-refractivity contribution in [1.29, 1.82) is 5.26 Å². The number of carbonyl (C=O) groups is 1. The fourth-order valence-corrected chi connectivity index (χ4v) is 5.59. The molecule has 176 valence electrons. The van der Waals surface area contributed by atoms with Crippen LogP contribution in [0, 0.1) is 14.9 Å². The van der Waals surface area contributed by atoms with E-state index in [2.05, 4.69) is 46.9 Å². The minimum atomic E-state index is -0.592. The Morgan fingerprint density at radius 1 is 1.17 bits per heavy atom. The lowest BCUT2D eigenvalue weighted by Gasteiger charge is -2.31. The van der Waals surface area contributed by atoms with Crippen molar-refractivity contribution in [3.8, 4) is 17.6 Å². The van der Waals surface area contributed by atoms with Gasteiger partial charge in [-0.1, -0.05) is 42.5 Å². The third kappa shape index (κ3) is 4.23. The number of nitrogens with two attached hydrogens (primary N) is 1. The molecule has 1 aliphatic carbocycles. The molecule has 0 saturated heterocycles. The maximum Gasteiger partial charge on any atom is 0.205 e. The van der Waals surface area contributed by atoms with Gasteiger partial charge in [0.2, 0.25) is 5.88 Å². The minimum Gasteiger partial charge on any atom is -0.493 e. The smallest absolute Gasteiger partial charge is 0.205 e. The van der Waals surface area contributed by atoms with Crippen LogP contribution in [0.3, 0.4) is 0 Å². The Morgan fingerprint density at radius 3 is 2.77 bits per heavy atom. The number of fused-ring (bicyclic) bond motifs is 1. The number of ether oxygens (including phenoxy) is 3. The summed E-state index contributed by atoms with van der Waals surface area (Å²) in [6.07, 6.45) is 1.76. The number of halogens is 1. The van der Waals surface area contributed by atoms with Crippen LogP contribution in [0.15, 0.2) is 77.4 Å². The molecule has 0 bridgehead atoms. The molecule has 1 heterocycles. The number of rotatable bonds is 5. The number of methoxy groups -OCH3 is 1. The van der Waals surface area contributed by atoms with Crippen molar-refractivity contribution in [2.24, 2.45) is 5.73 Å². The van der Waals surface area contributed by atoms with E-state index in [1.807, 2.05) is 36.4 Å². The molecular formula is C28H23IN2O4. The Bertz CT molecular complexity index is 1450. The summed E-state index contributed by atoms with van der Waals surface area (Å²) in [6, 6.07) is 20.2. The molecule has 0 spiro atoms. The molecule has 35 heavy (non-hydrogen) atoms. The number of hydrogen-bond donors (Lipinski definition) is 1. The second-order valence-electron chi connectivity index (χ2n) is 8.50. The molecule has 3 aromatic rings. The van der Waals surface area contributed by atoms with Crippen molar-refractivity contribution in [3.05, 3.63) is 92.1 Å². The molecule has 2 N–H and O–H groups in total.